The molecule has 3 rings (SSSR count). The molecule has 1 atom stereocenters. The van der Waals surface area contributed by atoms with Crippen molar-refractivity contribution in [1.29, 1.82) is 0 Å². The number of aliphatic hydroxyl groups excluding tert-OH is 1. The molecule has 0 aliphatic carbocycles. The highest BCUT2D eigenvalue weighted by Crippen LogP contribution is 2.41. The standard InChI is InChI=1S/C25H28ClNO5/c1-4-12-27-22(16-8-7-9-17(14-16)32-13-5-2)21(24(29)25(27)30)23(28)19-15-18(31-6-3)10-11-20(19)26/h7-11,14-15,22,28H,4-6,12-13H2,1-3H3/b23-21+. The molecule has 7 heteroatoms. The lowest BCUT2D eigenvalue weighted by Gasteiger charge is -2.25. The third-order valence-corrected chi connectivity index (χ3v) is 5.48. The largest absolute Gasteiger partial charge is 0.507 e. The van der Waals surface area contributed by atoms with E-state index in [1.54, 1.807) is 24.3 Å². The first kappa shape index (κ1) is 23.7. The third kappa shape index (κ3) is 4.75. The van der Waals surface area contributed by atoms with Gasteiger partial charge in [-0.3, -0.25) is 9.59 Å². The molecule has 1 amide bonds. The van der Waals surface area contributed by atoms with Crippen LogP contribution >= 0.6 is 11.6 Å². The van der Waals surface area contributed by atoms with Crippen LogP contribution < -0.4 is 9.47 Å². The fraction of sp³-hybridized carbons (Fsp3) is 0.360. The molecule has 1 heterocycles. The van der Waals surface area contributed by atoms with Gasteiger partial charge in [-0.2, -0.15) is 0 Å². The Labute approximate surface area is 193 Å². The SMILES string of the molecule is CCCOc1cccc(C2/C(=C(\O)c3cc(OCC)ccc3Cl)C(=O)C(=O)N2CCC)c1. The van der Waals surface area contributed by atoms with Gasteiger partial charge in [-0.1, -0.05) is 37.6 Å². The van der Waals surface area contributed by atoms with Crippen LogP contribution in [0, 0.1) is 0 Å². The second kappa shape index (κ2) is 10.6. The van der Waals surface area contributed by atoms with E-state index in [-0.39, 0.29) is 21.9 Å². The molecule has 0 aromatic heterocycles. The second-order valence-electron chi connectivity index (χ2n) is 7.49. The normalized spacial score (nSPS) is 17.6. The number of rotatable bonds is 9. The van der Waals surface area contributed by atoms with Crippen molar-refractivity contribution >= 4 is 29.1 Å². The maximum absolute atomic E-state index is 13.1. The molecule has 0 radical (unpaired) electrons. The molecule has 1 fully saturated rings. The predicted octanol–water partition coefficient (Wildman–Crippen LogP) is 5.36. The van der Waals surface area contributed by atoms with Crippen LogP contribution in [0.3, 0.4) is 0 Å². The van der Waals surface area contributed by atoms with Gasteiger partial charge in [-0.05, 0) is 55.7 Å². The van der Waals surface area contributed by atoms with Crippen LogP contribution in [0.2, 0.25) is 5.02 Å². The summed E-state index contributed by atoms with van der Waals surface area (Å²) in [4.78, 5) is 27.4. The van der Waals surface area contributed by atoms with Crippen molar-refractivity contribution < 1.29 is 24.2 Å². The minimum absolute atomic E-state index is 0.00615. The number of ketones is 1. The Bertz CT molecular complexity index is 1030. The van der Waals surface area contributed by atoms with Gasteiger partial charge in [-0.25, -0.2) is 0 Å². The lowest BCUT2D eigenvalue weighted by molar-refractivity contribution is -0.139. The van der Waals surface area contributed by atoms with Gasteiger partial charge in [0.25, 0.3) is 11.7 Å². The highest BCUT2D eigenvalue weighted by atomic mass is 35.5. The summed E-state index contributed by atoms with van der Waals surface area (Å²) >= 11 is 6.35. The molecule has 170 valence electrons. The Kier molecular flexibility index (Phi) is 7.80. The minimum Gasteiger partial charge on any atom is -0.507 e. The molecule has 6 nitrogen and oxygen atoms in total. The Balaban J connectivity index is 2.17. The van der Waals surface area contributed by atoms with Crippen molar-refractivity contribution in [3.05, 3.63) is 64.2 Å². The van der Waals surface area contributed by atoms with Crippen molar-refractivity contribution in [2.24, 2.45) is 0 Å². The van der Waals surface area contributed by atoms with Crippen molar-refractivity contribution in [1.82, 2.24) is 4.90 Å². The van der Waals surface area contributed by atoms with E-state index in [0.29, 0.717) is 43.2 Å². The van der Waals surface area contributed by atoms with Crippen LogP contribution in [0.15, 0.2) is 48.0 Å². The average Bonchev–Trinajstić information content (AvgIpc) is 3.04. The zero-order valence-electron chi connectivity index (χ0n) is 18.6. The first-order valence-corrected chi connectivity index (χ1v) is 11.2. The van der Waals surface area contributed by atoms with Gasteiger partial charge in [-0.15, -0.1) is 0 Å². The van der Waals surface area contributed by atoms with Crippen LogP contribution in [-0.2, 0) is 9.59 Å². The lowest BCUT2D eigenvalue weighted by atomic mass is 9.95. The van der Waals surface area contributed by atoms with E-state index in [0.717, 1.165) is 6.42 Å². The number of hydrogen-bond acceptors (Lipinski definition) is 5. The Morgan fingerprint density at radius 3 is 2.47 bits per heavy atom. The van der Waals surface area contributed by atoms with Gasteiger partial charge in [0.15, 0.2) is 0 Å². The number of likely N-dealkylation sites (tertiary alicyclic amines) is 1. The van der Waals surface area contributed by atoms with E-state index < -0.39 is 17.7 Å². The van der Waals surface area contributed by atoms with Gasteiger partial charge < -0.3 is 19.5 Å². The molecule has 1 aliphatic heterocycles. The van der Waals surface area contributed by atoms with Crippen molar-refractivity contribution in [3.63, 3.8) is 0 Å². The average molecular weight is 458 g/mol. The van der Waals surface area contributed by atoms with Gasteiger partial charge in [0, 0.05) is 12.1 Å². The van der Waals surface area contributed by atoms with E-state index >= 15 is 0 Å². The van der Waals surface area contributed by atoms with Crippen LogP contribution in [0.5, 0.6) is 11.5 Å². The van der Waals surface area contributed by atoms with Crippen LogP contribution in [0.1, 0.15) is 50.8 Å². The van der Waals surface area contributed by atoms with Crippen molar-refractivity contribution in [2.45, 2.75) is 39.7 Å². The van der Waals surface area contributed by atoms with E-state index in [1.807, 2.05) is 39.0 Å². The zero-order chi connectivity index (χ0) is 23.3. The molecule has 0 spiro atoms. The van der Waals surface area contributed by atoms with Gasteiger partial charge in [0.2, 0.25) is 0 Å². The highest BCUT2D eigenvalue weighted by Gasteiger charge is 2.46. The monoisotopic (exact) mass is 457 g/mol. The smallest absolute Gasteiger partial charge is 0.295 e. The quantitative estimate of drug-likeness (QED) is 0.311. The van der Waals surface area contributed by atoms with E-state index in [4.69, 9.17) is 21.1 Å². The number of halogens is 1. The number of nitrogens with zero attached hydrogens (tertiary/aromatic N) is 1. The summed E-state index contributed by atoms with van der Waals surface area (Å²) in [5, 5.41) is 11.5. The van der Waals surface area contributed by atoms with E-state index in [9.17, 15) is 14.7 Å². The Morgan fingerprint density at radius 1 is 1.03 bits per heavy atom. The van der Waals surface area contributed by atoms with Crippen LogP contribution in [0.4, 0.5) is 0 Å². The maximum atomic E-state index is 13.1. The number of amides is 1. The molecule has 2 aromatic rings. The molecule has 1 aliphatic rings. The number of Topliss-reactive ketones (excluding diaryl/α,β-unsaturated/α-hetero) is 1. The maximum Gasteiger partial charge on any atom is 0.295 e. The molecule has 1 N–H and O–H groups in total. The second-order valence-corrected chi connectivity index (χ2v) is 7.90. The summed E-state index contributed by atoms with van der Waals surface area (Å²) in [5.41, 5.74) is 0.937. The minimum atomic E-state index is -0.744. The van der Waals surface area contributed by atoms with Crippen molar-refractivity contribution in [2.75, 3.05) is 19.8 Å². The molecular weight excluding hydrogens is 430 g/mol. The predicted molar refractivity (Wildman–Crippen MR) is 124 cm³/mol. The number of benzene rings is 2. The first-order chi connectivity index (χ1) is 15.4. The Morgan fingerprint density at radius 2 is 1.78 bits per heavy atom. The van der Waals surface area contributed by atoms with Crippen molar-refractivity contribution in [3.8, 4) is 11.5 Å². The fourth-order valence-corrected chi connectivity index (χ4v) is 3.99. The molecule has 32 heavy (non-hydrogen) atoms. The van der Waals surface area contributed by atoms with Gasteiger partial charge >= 0.3 is 0 Å². The molecule has 0 bridgehead atoms. The van der Waals surface area contributed by atoms with Crippen LogP contribution in [0.25, 0.3) is 5.76 Å². The summed E-state index contributed by atoms with van der Waals surface area (Å²) < 4.78 is 11.3. The summed E-state index contributed by atoms with van der Waals surface area (Å²) in [6, 6.07) is 11.4. The number of ether oxygens (including phenoxy) is 2. The summed E-state index contributed by atoms with van der Waals surface area (Å²) in [5.74, 6) is -0.553. The summed E-state index contributed by atoms with van der Waals surface area (Å²) in [6.07, 6.45) is 1.52. The molecule has 1 unspecified atom stereocenters. The number of aliphatic hydroxyl groups is 1. The summed E-state index contributed by atoms with van der Waals surface area (Å²) in [7, 11) is 0. The first-order valence-electron chi connectivity index (χ1n) is 10.9. The van der Waals surface area contributed by atoms with Gasteiger partial charge in [0.1, 0.15) is 17.3 Å². The lowest BCUT2D eigenvalue weighted by Crippen LogP contribution is -2.30. The number of hydrogen-bond donors (Lipinski definition) is 1. The number of carbonyl (C=O) groups is 2. The fourth-order valence-electron chi connectivity index (χ4n) is 3.78. The molecule has 2 aromatic carbocycles. The summed E-state index contributed by atoms with van der Waals surface area (Å²) in [6.45, 7) is 7.15. The van der Waals surface area contributed by atoms with E-state index in [1.165, 1.54) is 4.90 Å². The van der Waals surface area contributed by atoms with E-state index in [2.05, 4.69) is 0 Å². The number of carbonyl (C=O) groups excluding carboxylic acids is 2. The van der Waals surface area contributed by atoms with Crippen LogP contribution in [-0.4, -0.2) is 41.5 Å². The molecule has 0 saturated carbocycles. The Hall–Kier alpha value is -2.99. The molecule has 1 saturated heterocycles. The topological polar surface area (TPSA) is 76.1 Å². The zero-order valence-corrected chi connectivity index (χ0v) is 19.3. The van der Waals surface area contributed by atoms with Gasteiger partial charge in [0.05, 0.1) is 29.9 Å². The third-order valence-electron chi connectivity index (χ3n) is 5.16. The molecular formula is C25H28ClNO5. The highest BCUT2D eigenvalue weighted by molar-refractivity contribution is 6.47.